The predicted octanol–water partition coefficient (Wildman–Crippen LogP) is 4.76. The van der Waals surface area contributed by atoms with Crippen molar-refractivity contribution in [1.29, 1.82) is 0 Å². The van der Waals surface area contributed by atoms with Crippen molar-refractivity contribution < 1.29 is 14.4 Å². The van der Waals surface area contributed by atoms with Gasteiger partial charge in [-0.25, -0.2) is 0 Å². The Bertz CT molecular complexity index is 120. The van der Waals surface area contributed by atoms with E-state index in [1.54, 1.807) is 0 Å². The molecule has 0 saturated heterocycles. The van der Waals surface area contributed by atoms with Crippen molar-refractivity contribution in [1.82, 2.24) is 24.6 Å². The zero-order valence-corrected chi connectivity index (χ0v) is 14.1. The average Bonchev–Trinajstić information content (AvgIpc) is 2.38. The van der Waals surface area contributed by atoms with Crippen molar-refractivity contribution in [3.63, 3.8) is 0 Å². The minimum absolute atomic E-state index is 0. The lowest BCUT2D eigenvalue weighted by Gasteiger charge is -2.05. The maximum absolute atomic E-state index is 8.74. The predicted molar refractivity (Wildman–Crippen MR) is 95.0 cm³/mol. The summed E-state index contributed by atoms with van der Waals surface area (Å²) in [5.74, 6) is 0. The van der Waals surface area contributed by atoms with E-state index in [1.165, 1.54) is 38.5 Å². The number of hydrogen-bond acceptors (Lipinski definition) is 5. The quantitative estimate of drug-likeness (QED) is 0.273. The summed E-state index contributed by atoms with van der Waals surface area (Å²) in [5.41, 5.74) is 0. The molecule has 0 aromatic carbocycles. The first-order valence-electron chi connectivity index (χ1n) is 5.15. The Morgan fingerprint density at radius 1 is 0.550 bits per heavy atom. The second-order valence-corrected chi connectivity index (χ2v) is 2.97. The molecular formula is C12H39N4O3P. The van der Waals surface area contributed by atoms with Crippen LogP contribution in [0.25, 0.3) is 0 Å². The third-order valence-corrected chi connectivity index (χ3v) is 1.50. The highest BCUT2D eigenvalue weighted by Gasteiger charge is 1.95. The van der Waals surface area contributed by atoms with E-state index >= 15 is 0 Å². The molecule has 0 aromatic heterocycles. The van der Waals surface area contributed by atoms with Gasteiger partial charge in [-0.3, -0.25) is 4.57 Å². The molecule has 130 valence electrons. The van der Waals surface area contributed by atoms with E-state index in [4.69, 9.17) is 14.4 Å². The third kappa shape index (κ3) is 167. The van der Waals surface area contributed by atoms with Crippen LogP contribution in [0, 0.1) is 0 Å². The van der Waals surface area contributed by atoms with Crippen LogP contribution < -0.4 is 24.6 Å². The van der Waals surface area contributed by atoms with Gasteiger partial charge in [0.15, 0.2) is 0 Å². The molecule has 0 aromatic rings. The van der Waals surface area contributed by atoms with Crippen LogP contribution in [0.2, 0.25) is 0 Å². The molecule has 14 N–H and O–H groups in total. The van der Waals surface area contributed by atoms with Gasteiger partial charge in [0.05, 0.1) is 0 Å². The normalized spacial score (nSPS) is 9.55. The maximum Gasteiger partial charge on any atom is 0.314 e. The van der Waals surface area contributed by atoms with E-state index in [0.717, 1.165) is 0 Å². The van der Waals surface area contributed by atoms with Gasteiger partial charge in [-0.05, 0) is 0 Å². The number of rotatable bonds is 0. The van der Waals surface area contributed by atoms with E-state index in [1.807, 2.05) is 0 Å². The molecule has 0 aliphatic heterocycles. The molecule has 0 radical (unpaired) electrons. The zero-order valence-electron chi connectivity index (χ0n) is 13.1. The maximum atomic E-state index is 8.74. The first-order chi connectivity index (χ1) is 7.73. The van der Waals surface area contributed by atoms with Gasteiger partial charge < -0.3 is 34.4 Å². The van der Waals surface area contributed by atoms with Crippen LogP contribution in [0.1, 0.15) is 38.5 Å². The summed E-state index contributed by atoms with van der Waals surface area (Å²) in [4.78, 5) is 14.3. The molecule has 1 fully saturated rings. The highest BCUT2D eigenvalue weighted by Crippen LogP contribution is 2.15. The van der Waals surface area contributed by atoms with Crippen molar-refractivity contribution in [2.45, 2.75) is 38.5 Å². The minimum atomic E-state index is -3.13. The summed E-state index contributed by atoms with van der Waals surface area (Å²) in [7, 11) is -3.13. The van der Waals surface area contributed by atoms with E-state index in [2.05, 4.69) is 39.5 Å². The first kappa shape index (κ1) is 50.7. The van der Waals surface area contributed by atoms with Crippen molar-refractivity contribution >= 4 is 8.25 Å². The largest absolute Gasteiger partial charge is 0.344 e. The number of hydrogen-bond donors (Lipinski definition) is 6. The summed E-state index contributed by atoms with van der Waals surface area (Å²) < 4.78 is 8.74. The molecule has 8 heteroatoms. The molecule has 20 heavy (non-hydrogen) atoms. The molecule has 0 bridgehead atoms. The van der Waals surface area contributed by atoms with Crippen LogP contribution in [-0.4, -0.2) is 9.79 Å². The van der Waals surface area contributed by atoms with Gasteiger partial charge in [-0.15, -0.1) is 39.5 Å². The summed E-state index contributed by atoms with van der Waals surface area (Å²) in [6, 6.07) is 0. The van der Waals surface area contributed by atoms with Crippen molar-refractivity contribution in [2.75, 3.05) is 0 Å². The van der Waals surface area contributed by atoms with Gasteiger partial charge in [-0.1, -0.05) is 38.5 Å². The molecule has 7 nitrogen and oxygen atoms in total. The molecule has 0 unspecified atom stereocenters. The van der Waals surface area contributed by atoms with Crippen LogP contribution in [0.3, 0.4) is 0 Å². The fourth-order valence-electron chi connectivity index (χ4n) is 1.06. The van der Waals surface area contributed by atoms with E-state index < -0.39 is 8.25 Å². The van der Waals surface area contributed by atoms with Crippen molar-refractivity contribution in [3.8, 4) is 0 Å². The minimum Gasteiger partial charge on any atom is -0.344 e. The SMILES string of the molecule is C1CCCCC1.C=C.C=C.C=C.N.N.N.N.O=[PH](O)O. The van der Waals surface area contributed by atoms with Gasteiger partial charge in [-0.2, -0.15) is 0 Å². The second kappa shape index (κ2) is 80.0. The van der Waals surface area contributed by atoms with Gasteiger partial charge in [0.2, 0.25) is 0 Å². The fourth-order valence-corrected chi connectivity index (χ4v) is 1.06. The lowest BCUT2D eigenvalue weighted by atomic mass is 10.0. The first-order valence-corrected chi connectivity index (χ1v) is 6.45. The van der Waals surface area contributed by atoms with E-state index in [0.29, 0.717) is 0 Å². The highest BCUT2D eigenvalue weighted by atomic mass is 31.1. The molecule has 0 atom stereocenters. The molecule has 0 heterocycles. The second-order valence-electron chi connectivity index (χ2n) is 2.40. The third-order valence-electron chi connectivity index (χ3n) is 1.50. The lowest BCUT2D eigenvalue weighted by Crippen LogP contribution is -1.85. The van der Waals surface area contributed by atoms with Crippen LogP contribution in [0.15, 0.2) is 39.5 Å². The summed E-state index contributed by atoms with van der Waals surface area (Å²) >= 11 is 0. The Labute approximate surface area is 126 Å². The lowest BCUT2D eigenvalue weighted by molar-refractivity contribution is 0.405. The van der Waals surface area contributed by atoms with Gasteiger partial charge in [0.1, 0.15) is 0 Å². The Morgan fingerprint density at radius 2 is 0.600 bits per heavy atom. The smallest absolute Gasteiger partial charge is 0.314 e. The monoisotopic (exact) mass is 318 g/mol. The Kier molecular flexibility index (Phi) is 203. The molecule has 0 amide bonds. The average molecular weight is 318 g/mol. The van der Waals surface area contributed by atoms with Crippen LogP contribution in [0.5, 0.6) is 0 Å². The van der Waals surface area contributed by atoms with Gasteiger partial charge in [0, 0.05) is 0 Å². The Balaban J connectivity index is -0.0000000157. The van der Waals surface area contributed by atoms with Crippen LogP contribution in [-0.2, 0) is 4.57 Å². The topological polar surface area (TPSA) is 198 Å². The van der Waals surface area contributed by atoms with Gasteiger partial charge in [0.25, 0.3) is 0 Å². The highest BCUT2D eigenvalue weighted by molar-refractivity contribution is 7.30. The van der Waals surface area contributed by atoms with Crippen molar-refractivity contribution in [3.05, 3.63) is 39.5 Å². The summed E-state index contributed by atoms with van der Waals surface area (Å²) in [6.07, 6.45) is 9.00. The molecular weight excluding hydrogens is 279 g/mol. The fraction of sp³-hybridized carbons (Fsp3) is 0.500. The Hall–Kier alpha value is -0.790. The summed E-state index contributed by atoms with van der Waals surface area (Å²) in [5, 5.41) is 0. The van der Waals surface area contributed by atoms with Crippen LogP contribution in [0.4, 0.5) is 0 Å². The molecule has 1 aliphatic carbocycles. The van der Waals surface area contributed by atoms with Crippen LogP contribution >= 0.6 is 8.25 Å². The zero-order chi connectivity index (χ0) is 13.8. The standard InChI is InChI=1S/C6H12.3C2H4.4H3N.H3O3P/c1-2-4-6-5-3-1;3*1-2;;;;;1-4(2)3/h1-6H2;3*1-2H2;4*1H3;4H,(H2,1,2,3). The molecule has 1 aliphatic rings. The Morgan fingerprint density at radius 3 is 0.650 bits per heavy atom. The molecule has 0 spiro atoms. The van der Waals surface area contributed by atoms with E-state index in [9.17, 15) is 0 Å². The van der Waals surface area contributed by atoms with E-state index in [-0.39, 0.29) is 24.6 Å². The molecule has 1 rings (SSSR count). The summed E-state index contributed by atoms with van der Waals surface area (Å²) in [6.45, 7) is 18.0. The van der Waals surface area contributed by atoms with Crippen molar-refractivity contribution in [2.24, 2.45) is 0 Å². The molecule has 1 saturated carbocycles. The van der Waals surface area contributed by atoms with Gasteiger partial charge >= 0.3 is 8.25 Å².